The van der Waals surface area contributed by atoms with Gasteiger partial charge in [0.1, 0.15) is 5.76 Å². The quantitative estimate of drug-likeness (QED) is 0.757. The van der Waals surface area contributed by atoms with Crippen LogP contribution in [0.3, 0.4) is 0 Å². The highest BCUT2D eigenvalue weighted by atomic mass is 16.5. The Hall–Kier alpha value is -1.44. The summed E-state index contributed by atoms with van der Waals surface area (Å²) < 4.78 is 22.7. The molecule has 7 nitrogen and oxygen atoms in total. The lowest BCUT2D eigenvalue weighted by Crippen LogP contribution is -2.38. The molecule has 3 aliphatic heterocycles. The summed E-state index contributed by atoms with van der Waals surface area (Å²) in [6.45, 7) is 5.88. The molecule has 5 rings (SSSR count). The van der Waals surface area contributed by atoms with E-state index in [1.807, 2.05) is 11.0 Å². The molecule has 1 aromatic rings. The van der Waals surface area contributed by atoms with Crippen molar-refractivity contribution in [2.45, 2.75) is 31.6 Å². The van der Waals surface area contributed by atoms with Gasteiger partial charge in [0.2, 0.25) is 0 Å². The molecular formula is C20H28N2O5. The van der Waals surface area contributed by atoms with Gasteiger partial charge < -0.3 is 23.6 Å². The van der Waals surface area contributed by atoms with E-state index in [4.69, 9.17) is 18.7 Å². The molecule has 4 aliphatic rings. The minimum atomic E-state index is -0.0795. The van der Waals surface area contributed by atoms with E-state index in [2.05, 4.69) is 5.16 Å². The molecule has 3 saturated heterocycles. The van der Waals surface area contributed by atoms with Crippen molar-refractivity contribution in [3.05, 3.63) is 17.5 Å². The molecular weight excluding hydrogens is 348 g/mol. The summed E-state index contributed by atoms with van der Waals surface area (Å²) in [7, 11) is 0. The van der Waals surface area contributed by atoms with Gasteiger partial charge in [0, 0.05) is 56.2 Å². The first kappa shape index (κ1) is 17.6. The molecule has 0 spiro atoms. The average Bonchev–Trinajstić information content (AvgIpc) is 3.13. The second-order valence-corrected chi connectivity index (χ2v) is 8.72. The molecule has 0 N–H and O–H groups in total. The Balaban J connectivity index is 1.20. The van der Waals surface area contributed by atoms with Crippen LogP contribution in [0.4, 0.5) is 0 Å². The van der Waals surface area contributed by atoms with Crippen molar-refractivity contribution in [3.63, 3.8) is 0 Å². The van der Waals surface area contributed by atoms with Gasteiger partial charge >= 0.3 is 0 Å². The van der Waals surface area contributed by atoms with Crippen LogP contribution in [-0.4, -0.2) is 68.7 Å². The predicted molar refractivity (Wildman–Crippen MR) is 95.5 cm³/mol. The molecule has 148 valence electrons. The van der Waals surface area contributed by atoms with Gasteiger partial charge in [0.15, 0.2) is 5.69 Å². The van der Waals surface area contributed by atoms with Crippen LogP contribution in [0, 0.1) is 17.3 Å². The van der Waals surface area contributed by atoms with Crippen LogP contribution in [0.2, 0.25) is 0 Å². The largest absolute Gasteiger partial charge is 0.381 e. The number of likely N-dealkylation sites (tertiary alicyclic amines) is 1. The molecule has 0 aromatic carbocycles. The normalized spacial score (nSPS) is 31.4. The van der Waals surface area contributed by atoms with Crippen molar-refractivity contribution in [3.8, 4) is 0 Å². The highest BCUT2D eigenvalue weighted by molar-refractivity contribution is 5.92. The lowest BCUT2D eigenvalue weighted by atomic mass is 9.82. The van der Waals surface area contributed by atoms with Gasteiger partial charge in [-0.2, -0.15) is 0 Å². The standard InChI is InChI=1S/C20H28N2O5/c23-19(17-7-18(27-21-17)15-1-2-15)22-8-16-10-26-13-20(16,11-22)12-25-9-14-3-5-24-6-4-14/h7,14-16H,1-6,8-13H2/t16-,20-/m1/s1. The SMILES string of the molecule is O=C(c1cc(C2CC2)on1)N1C[C@@H]2COC[C@]2(COCC2CCOCC2)C1. The summed E-state index contributed by atoms with van der Waals surface area (Å²) >= 11 is 0. The first-order valence-electron chi connectivity index (χ1n) is 10.2. The van der Waals surface area contributed by atoms with E-state index in [1.165, 1.54) is 0 Å². The smallest absolute Gasteiger partial charge is 0.276 e. The molecule has 7 heteroatoms. The highest BCUT2D eigenvalue weighted by Gasteiger charge is 2.52. The Morgan fingerprint density at radius 2 is 2.11 bits per heavy atom. The minimum absolute atomic E-state index is 0.0242. The number of hydrogen-bond acceptors (Lipinski definition) is 6. The number of ether oxygens (including phenoxy) is 3. The Kier molecular flexibility index (Phi) is 4.70. The van der Waals surface area contributed by atoms with E-state index in [-0.39, 0.29) is 11.3 Å². The molecule has 27 heavy (non-hydrogen) atoms. The molecule has 0 bridgehead atoms. The maximum atomic E-state index is 12.9. The number of nitrogens with zero attached hydrogens (tertiary/aromatic N) is 2. The first-order chi connectivity index (χ1) is 13.2. The Morgan fingerprint density at radius 1 is 1.26 bits per heavy atom. The molecule has 0 radical (unpaired) electrons. The zero-order valence-corrected chi connectivity index (χ0v) is 15.7. The lowest BCUT2D eigenvalue weighted by molar-refractivity contribution is -0.0151. The number of rotatable bonds is 6. The van der Waals surface area contributed by atoms with Crippen molar-refractivity contribution in [2.24, 2.45) is 17.3 Å². The number of carbonyl (C=O) groups is 1. The fraction of sp³-hybridized carbons (Fsp3) is 0.800. The number of carbonyl (C=O) groups excluding carboxylic acids is 1. The summed E-state index contributed by atoms with van der Waals surface area (Å²) in [5.41, 5.74) is 0.361. The molecule has 1 saturated carbocycles. The number of fused-ring (bicyclic) bond motifs is 1. The Bertz CT molecular complexity index is 682. The summed E-state index contributed by atoms with van der Waals surface area (Å²) in [4.78, 5) is 14.8. The fourth-order valence-electron chi connectivity index (χ4n) is 4.65. The van der Waals surface area contributed by atoms with Crippen molar-refractivity contribution in [1.29, 1.82) is 0 Å². The molecule has 2 atom stereocenters. The third-order valence-corrected chi connectivity index (χ3v) is 6.62. The third kappa shape index (κ3) is 3.52. The van der Waals surface area contributed by atoms with E-state index in [1.54, 1.807) is 0 Å². The maximum absolute atomic E-state index is 12.9. The second-order valence-electron chi connectivity index (χ2n) is 8.72. The van der Waals surface area contributed by atoms with Gasteiger partial charge in [-0.05, 0) is 31.6 Å². The van der Waals surface area contributed by atoms with Crippen molar-refractivity contribution in [1.82, 2.24) is 10.1 Å². The van der Waals surface area contributed by atoms with Gasteiger partial charge in [0.25, 0.3) is 5.91 Å². The topological polar surface area (TPSA) is 74.0 Å². The molecule has 1 amide bonds. The van der Waals surface area contributed by atoms with Crippen molar-refractivity contribution in [2.75, 3.05) is 52.7 Å². The zero-order valence-electron chi connectivity index (χ0n) is 15.7. The minimum Gasteiger partial charge on any atom is -0.381 e. The number of amides is 1. The lowest BCUT2D eigenvalue weighted by Gasteiger charge is -2.28. The van der Waals surface area contributed by atoms with Gasteiger partial charge in [0.05, 0.1) is 19.8 Å². The summed E-state index contributed by atoms with van der Waals surface area (Å²) in [6, 6.07) is 1.83. The Morgan fingerprint density at radius 3 is 2.93 bits per heavy atom. The van der Waals surface area contributed by atoms with Crippen LogP contribution >= 0.6 is 0 Å². The third-order valence-electron chi connectivity index (χ3n) is 6.62. The van der Waals surface area contributed by atoms with Crippen molar-refractivity contribution >= 4 is 5.91 Å². The van der Waals surface area contributed by atoms with Crippen LogP contribution in [0.1, 0.15) is 47.8 Å². The molecule has 4 heterocycles. The summed E-state index contributed by atoms with van der Waals surface area (Å²) in [6.07, 6.45) is 4.43. The van der Waals surface area contributed by atoms with Gasteiger partial charge in [-0.15, -0.1) is 0 Å². The summed E-state index contributed by atoms with van der Waals surface area (Å²) in [5, 5.41) is 4.02. The average molecular weight is 376 g/mol. The maximum Gasteiger partial charge on any atom is 0.276 e. The van der Waals surface area contributed by atoms with E-state index in [9.17, 15) is 4.79 Å². The Labute approximate surface area is 159 Å². The molecule has 4 fully saturated rings. The zero-order chi connectivity index (χ0) is 18.3. The highest BCUT2D eigenvalue weighted by Crippen LogP contribution is 2.43. The van der Waals surface area contributed by atoms with E-state index < -0.39 is 0 Å². The van der Waals surface area contributed by atoms with Crippen LogP contribution in [0.25, 0.3) is 0 Å². The van der Waals surface area contributed by atoms with Crippen LogP contribution in [0.5, 0.6) is 0 Å². The number of aromatic nitrogens is 1. The van der Waals surface area contributed by atoms with Crippen LogP contribution in [0.15, 0.2) is 10.6 Å². The predicted octanol–water partition coefficient (Wildman–Crippen LogP) is 2.08. The summed E-state index contributed by atoms with van der Waals surface area (Å²) in [5.74, 6) is 2.23. The number of hydrogen-bond donors (Lipinski definition) is 0. The molecule has 0 unspecified atom stereocenters. The van der Waals surface area contributed by atoms with Crippen LogP contribution < -0.4 is 0 Å². The van der Waals surface area contributed by atoms with Gasteiger partial charge in [-0.3, -0.25) is 4.79 Å². The molecule has 1 aromatic heterocycles. The van der Waals surface area contributed by atoms with Crippen molar-refractivity contribution < 1.29 is 23.5 Å². The van der Waals surface area contributed by atoms with E-state index in [0.29, 0.717) is 56.4 Å². The van der Waals surface area contributed by atoms with E-state index >= 15 is 0 Å². The van der Waals surface area contributed by atoms with Gasteiger partial charge in [-0.1, -0.05) is 5.16 Å². The van der Waals surface area contributed by atoms with Crippen LogP contribution in [-0.2, 0) is 14.2 Å². The molecule has 1 aliphatic carbocycles. The van der Waals surface area contributed by atoms with E-state index in [0.717, 1.165) is 51.3 Å². The van der Waals surface area contributed by atoms with Gasteiger partial charge in [-0.25, -0.2) is 0 Å². The fourth-order valence-corrected chi connectivity index (χ4v) is 4.65. The monoisotopic (exact) mass is 376 g/mol. The second kappa shape index (κ2) is 7.18. The first-order valence-corrected chi connectivity index (χ1v) is 10.2.